The third kappa shape index (κ3) is 7.53. The second-order valence-electron chi connectivity index (χ2n) is 1.55. The summed E-state index contributed by atoms with van der Waals surface area (Å²) >= 11 is 0. The molecule has 0 aliphatic rings. The van der Waals surface area contributed by atoms with Crippen LogP contribution in [0.5, 0.6) is 0 Å². The molecule has 0 saturated heterocycles. The van der Waals surface area contributed by atoms with Gasteiger partial charge in [0.1, 0.15) is 6.04 Å². The van der Waals surface area contributed by atoms with E-state index < -0.39 is 18.6 Å². The summed E-state index contributed by atoms with van der Waals surface area (Å²) in [4.78, 5) is 0. The van der Waals surface area contributed by atoms with Crippen LogP contribution in [-0.2, 0) is 0 Å². The Bertz CT molecular complexity index is 127. The highest BCUT2D eigenvalue weighted by Crippen LogP contribution is 2.20. The highest BCUT2D eigenvalue weighted by molar-refractivity contribution is 5.85. The van der Waals surface area contributed by atoms with Gasteiger partial charge < -0.3 is 5.73 Å². The molecule has 2 N–H and O–H groups in total. The van der Waals surface area contributed by atoms with Crippen molar-refractivity contribution < 1.29 is 13.2 Å². The lowest BCUT2D eigenvalue weighted by Gasteiger charge is -2.05. The van der Waals surface area contributed by atoms with Crippen molar-refractivity contribution in [1.29, 1.82) is 5.26 Å². The summed E-state index contributed by atoms with van der Waals surface area (Å²) in [5.41, 5.74) is 4.68. The molecule has 60 valence electrons. The summed E-state index contributed by atoms with van der Waals surface area (Å²) in [6, 6.07) is -0.147. The molecule has 0 fully saturated rings. The third-order valence-corrected chi connectivity index (χ3v) is 0.617. The van der Waals surface area contributed by atoms with Crippen LogP contribution in [0.25, 0.3) is 0 Å². The van der Waals surface area contributed by atoms with Crippen molar-refractivity contribution in [3.8, 4) is 6.07 Å². The van der Waals surface area contributed by atoms with Crippen molar-refractivity contribution in [2.75, 3.05) is 0 Å². The zero-order chi connectivity index (χ0) is 7.49. The maximum atomic E-state index is 11.3. The quantitative estimate of drug-likeness (QED) is 0.650. The number of nitrogens with zero attached hydrogens (tertiary/aromatic N) is 1. The summed E-state index contributed by atoms with van der Waals surface area (Å²) in [6.07, 6.45) is -5.56. The minimum atomic E-state index is -4.32. The largest absolute Gasteiger partial charge is 0.391 e. The van der Waals surface area contributed by atoms with Gasteiger partial charge in [0, 0.05) is 0 Å². The molecule has 10 heavy (non-hydrogen) atoms. The van der Waals surface area contributed by atoms with E-state index in [1.165, 1.54) is 6.07 Å². The Morgan fingerprint density at radius 1 is 1.50 bits per heavy atom. The van der Waals surface area contributed by atoms with Crippen LogP contribution < -0.4 is 5.73 Å². The molecule has 0 saturated carbocycles. The molecular formula is C4H6ClF3N2. The summed E-state index contributed by atoms with van der Waals surface area (Å²) in [5.74, 6) is 0. The maximum absolute atomic E-state index is 11.3. The topological polar surface area (TPSA) is 49.8 Å². The van der Waals surface area contributed by atoms with E-state index in [4.69, 9.17) is 5.26 Å². The molecular weight excluding hydrogens is 169 g/mol. The Hall–Kier alpha value is -0.470. The number of halogens is 4. The Morgan fingerprint density at radius 3 is 2.00 bits per heavy atom. The predicted octanol–water partition coefficient (Wildman–Crippen LogP) is 1.21. The summed E-state index contributed by atoms with van der Waals surface area (Å²) in [6.45, 7) is 0. The molecule has 1 unspecified atom stereocenters. The highest BCUT2D eigenvalue weighted by Gasteiger charge is 2.30. The van der Waals surface area contributed by atoms with E-state index in [1.54, 1.807) is 0 Å². The van der Waals surface area contributed by atoms with Gasteiger partial charge in [-0.1, -0.05) is 0 Å². The van der Waals surface area contributed by atoms with Crippen molar-refractivity contribution in [3.63, 3.8) is 0 Å². The number of nitrogens with two attached hydrogens (primary N) is 1. The van der Waals surface area contributed by atoms with Gasteiger partial charge in [-0.25, -0.2) is 0 Å². The van der Waals surface area contributed by atoms with Crippen LogP contribution in [0.1, 0.15) is 6.42 Å². The van der Waals surface area contributed by atoms with Crippen LogP contribution in [0.15, 0.2) is 0 Å². The Kier molecular flexibility index (Phi) is 5.33. The summed E-state index contributed by atoms with van der Waals surface area (Å²) in [7, 11) is 0. The van der Waals surface area contributed by atoms with Crippen molar-refractivity contribution in [2.24, 2.45) is 5.73 Å². The first-order chi connectivity index (χ1) is 3.95. The minimum absolute atomic E-state index is 0. The fraction of sp³-hybridized carbons (Fsp3) is 0.750. The summed E-state index contributed by atoms with van der Waals surface area (Å²) < 4.78 is 33.8. The number of hydrogen-bond donors (Lipinski definition) is 1. The van der Waals surface area contributed by atoms with Crippen molar-refractivity contribution >= 4 is 12.4 Å². The highest BCUT2D eigenvalue weighted by atomic mass is 35.5. The minimum Gasteiger partial charge on any atom is -0.316 e. The molecule has 0 spiro atoms. The maximum Gasteiger partial charge on any atom is 0.391 e. The first-order valence-corrected chi connectivity index (χ1v) is 2.17. The van der Waals surface area contributed by atoms with Gasteiger partial charge >= 0.3 is 6.18 Å². The van der Waals surface area contributed by atoms with Crippen LogP contribution in [0.2, 0.25) is 0 Å². The standard InChI is InChI=1S/C4H5F3N2.ClH/c5-4(6,7)1-3(9)2-8;/h3H,1,9H2;1H. The number of alkyl halides is 3. The molecule has 0 aromatic carbocycles. The van der Waals surface area contributed by atoms with E-state index in [1.807, 2.05) is 0 Å². The van der Waals surface area contributed by atoms with Gasteiger partial charge in [-0.15, -0.1) is 12.4 Å². The molecule has 0 heterocycles. The molecule has 6 heteroatoms. The molecule has 0 aliphatic heterocycles. The first-order valence-electron chi connectivity index (χ1n) is 2.17. The van der Waals surface area contributed by atoms with Crippen LogP contribution in [0, 0.1) is 11.3 Å². The second kappa shape index (κ2) is 4.36. The van der Waals surface area contributed by atoms with Gasteiger partial charge in [-0.05, 0) is 0 Å². The van der Waals surface area contributed by atoms with E-state index in [0.717, 1.165) is 0 Å². The zero-order valence-corrected chi connectivity index (χ0v) is 5.67. The van der Waals surface area contributed by atoms with E-state index in [0.29, 0.717) is 0 Å². The van der Waals surface area contributed by atoms with Crippen molar-refractivity contribution in [2.45, 2.75) is 18.6 Å². The average molecular weight is 175 g/mol. The molecule has 0 radical (unpaired) electrons. The SMILES string of the molecule is Cl.N#CC(N)CC(F)(F)F. The van der Waals surface area contributed by atoms with E-state index >= 15 is 0 Å². The fourth-order valence-corrected chi connectivity index (χ4v) is 0.295. The third-order valence-electron chi connectivity index (χ3n) is 0.617. The number of hydrogen-bond acceptors (Lipinski definition) is 2. The van der Waals surface area contributed by atoms with Gasteiger partial charge in [0.15, 0.2) is 0 Å². The lowest BCUT2D eigenvalue weighted by atomic mass is 10.2. The molecule has 0 aliphatic carbocycles. The van der Waals surface area contributed by atoms with Crippen LogP contribution >= 0.6 is 12.4 Å². The molecule has 0 aromatic heterocycles. The molecule has 0 bridgehead atoms. The van der Waals surface area contributed by atoms with Crippen LogP contribution in [-0.4, -0.2) is 12.2 Å². The normalized spacial score (nSPS) is 13.1. The molecule has 0 aromatic rings. The predicted molar refractivity (Wildman–Crippen MR) is 31.5 cm³/mol. The lowest BCUT2D eigenvalue weighted by molar-refractivity contribution is -0.135. The smallest absolute Gasteiger partial charge is 0.316 e. The van der Waals surface area contributed by atoms with E-state index in [2.05, 4.69) is 5.73 Å². The molecule has 0 amide bonds. The van der Waals surface area contributed by atoms with Gasteiger partial charge in [0.2, 0.25) is 0 Å². The molecule has 1 atom stereocenters. The van der Waals surface area contributed by atoms with Gasteiger partial charge in [0.05, 0.1) is 12.5 Å². The zero-order valence-electron chi connectivity index (χ0n) is 4.85. The molecule has 0 rings (SSSR count). The second-order valence-corrected chi connectivity index (χ2v) is 1.55. The van der Waals surface area contributed by atoms with Crippen molar-refractivity contribution in [1.82, 2.24) is 0 Å². The number of rotatable bonds is 1. The lowest BCUT2D eigenvalue weighted by Crippen LogP contribution is -2.25. The molecule has 2 nitrogen and oxygen atoms in total. The Balaban J connectivity index is 0. The van der Waals surface area contributed by atoms with E-state index in [9.17, 15) is 13.2 Å². The van der Waals surface area contributed by atoms with E-state index in [-0.39, 0.29) is 12.4 Å². The average Bonchev–Trinajstić information content (AvgIpc) is 1.62. The van der Waals surface area contributed by atoms with Crippen LogP contribution in [0.4, 0.5) is 13.2 Å². The fourth-order valence-electron chi connectivity index (χ4n) is 0.295. The number of nitriles is 1. The van der Waals surface area contributed by atoms with Gasteiger partial charge in [0.25, 0.3) is 0 Å². The summed E-state index contributed by atoms with van der Waals surface area (Å²) in [5, 5.41) is 7.82. The Morgan fingerprint density at radius 2 is 1.90 bits per heavy atom. The van der Waals surface area contributed by atoms with Gasteiger partial charge in [-0.2, -0.15) is 18.4 Å². The first kappa shape index (κ1) is 12.2. The monoisotopic (exact) mass is 174 g/mol. The van der Waals surface area contributed by atoms with Crippen molar-refractivity contribution in [3.05, 3.63) is 0 Å². The van der Waals surface area contributed by atoms with Crippen LogP contribution in [0.3, 0.4) is 0 Å². The Labute approximate surface area is 62.2 Å². The van der Waals surface area contributed by atoms with Gasteiger partial charge in [-0.3, -0.25) is 0 Å².